The van der Waals surface area contributed by atoms with Gasteiger partial charge in [0.25, 0.3) is 0 Å². The molecule has 1 aromatic heterocycles. The highest BCUT2D eigenvalue weighted by Gasteiger charge is 2.26. The Bertz CT molecular complexity index is 1020. The van der Waals surface area contributed by atoms with Crippen LogP contribution in [0.3, 0.4) is 0 Å². The molecule has 0 aliphatic carbocycles. The number of aromatic nitrogens is 2. The van der Waals surface area contributed by atoms with E-state index in [0.717, 1.165) is 34.7 Å². The molecule has 0 atom stereocenters. The fraction of sp³-hybridized carbons (Fsp3) is 0.524. The van der Waals surface area contributed by atoms with Crippen molar-refractivity contribution < 1.29 is 13.2 Å². The van der Waals surface area contributed by atoms with Crippen LogP contribution in [0.1, 0.15) is 42.8 Å². The number of fused-ring (bicyclic) bond motifs is 1. The third-order valence-corrected chi connectivity index (χ3v) is 6.90. The maximum absolute atomic E-state index is 12.9. The summed E-state index contributed by atoms with van der Waals surface area (Å²) in [6.07, 6.45) is 1.73. The Morgan fingerprint density at radius 3 is 2.66 bits per heavy atom. The first-order valence-electron chi connectivity index (χ1n) is 10.0. The van der Waals surface area contributed by atoms with Gasteiger partial charge in [-0.1, -0.05) is 13.8 Å². The molecule has 0 radical (unpaired) electrons. The highest BCUT2D eigenvalue weighted by Crippen LogP contribution is 2.31. The van der Waals surface area contributed by atoms with Crippen molar-refractivity contribution >= 4 is 21.6 Å². The van der Waals surface area contributed by atoms with Gasteiger partial charge in [-0.25, -0.2) is 13.1 Å². The zero-order valence-electron chi connectivity index (χ0n) is 17.8. The maximum Gasteiger partial charge on any atom is 0.240 e. The van der Waals surface area contributed by atoms with E-state index >= 15 is 0 Å². The number of amides is 1. The van der Waals surface area contributed by atoms with E-state index in [2.05, 4.69) is 30.6 Å². The van der Waals surface area contributed by atoms with Gasteiger partial charge in [-0.15, -0.1) is 0 Å². The zero-order valence-corrected chi connectivity index (χ0v) is 18.6. The lowest BCUT2D eigenvalue weighted by Crippen LogP contribution is -2.29. The molecule has 0 saturated carbocycles. The van der Waals surface area contributed by atoms with Gasteiger partial charge in [0.2, 0.25) is 15.9 Å². The van der Waals surface area contributed by atoms with Gasteiger partial charge >= 0.3 is 0 Å². The average molecular weight is 419 g/mol. The molecule has 1 aromatic carbocycles. The van der Waals surface area contributed by atoms with E-state index in [1.807, 2.05) is 11.6 Å². The van der Waals surface area contributed by atoms with Crippen LogP contribution in [0, 0.1) is 19.8 Å². The number of sulfonamides is 1. The summed E-state index contributed by atoms with van der Waals surface area (Å²) in [5, 5.41) is 4.63. The van der Waals surface area contributed by atoms with Crippen molar-refractivity contribution in [1.29, 1.82) is 0 Å². The first kappa shape index (κ1) is 21.5. The summed E-state index contributed by atoms with van der Waals surface area (Å²) < 4.78 is 28.4. The van der Waals surface area contributed by atoms with Crippen molar-refractivity contribution in [3.05, 3.63) is 40.7 Å². The molecule has 0 unspecified atom stereocenters. The van der Waals surface area contributed by atoms with Crippen LogP contribution in [0.5, 0.6) is 0 Å². The van der Waals surface area contributed by atoms with E-state index < -0.39 is 10.0 Å². The third kappa shape index (κ3) is 4.38. The molecule has 1 aliphatic rings. The molecule has 7 nitrogen and oxygen atoms in total. The summed E-state index contributed by atoms with van der Waals surface area (Å²) in [6.45, 7) is 9.85. The summed E-state index contributed by atoms with van der Waals surface area (Å²) >= 11 is 0. The lowest BCUT2D eigenvalue weighted by molar-refractivity contribution is -0.118. The molecular formula is C21H30N4O3S. The van der Waals surface area contributed by atoms with Gasteiger partial charge in [-0.2, -0.15) is 5.10 Å². The summed E-state index contributed by atoms with van der Waals surface area (Å²) in [7, 11) is -2.09. The monoisotopic (exact) mass is 418 g/mol. The average Bonchev–Trinajstić information content (AvgIpc) is 3.20. The minimum atomic E-state index is -3.48. The van der Waals surface area contributed by atoms with Gasteiger partial charge in [-0.05, 0) is 69.0 Å². The van der Waals surface area contributed by atoms with Crippen LogP contribution in [-0.2, 0) is 34.2 Å². The smallest absolute Gasteiger partial charge is 0.240 e. The van der Waals surface area contributed by atoms with Crippen molar-refractivity contribution in [3.8, 4) is 0 Å². The van der Waals surface area contributed by atoms with Crippen LogP contribution in [0.4, 0.5) is 5.69 Å². The first-order chi connectivity index (χ1) is 13.6. The number of benzene rings is 1. The standard InChI is InChI=1S/C21H30N4O3S/c1-14(2)13-25-16(4)19(15(3)23-25)7-9-21(26)24-11-10-17-12-18(6-8-20(17)24)29(27,28)22-5/h6,8,12,14,22H,7,9-11,13H2,1-5H3. The zero-order chi connectivity index (χ0) is 21.3. The van der Waals surface area contributed by atoms with Gasteiger partial charge in [0.1, 0.15) is 0 Å². The number of nitrogens with zero attached hydrogens (tertiary/aromatic N) is 3. The number of carbonyl (C=O) groups is 1. The van der Waals surface area contributed by atoms with Crippen LogP contribution in [0.25, 0.3) is 0 Å². The lowest BCUT2D eigenvalue weighted by atomic mass is 10.1. The molecule has 0 fully saturated rings. The molecule has 8 heteroatoms. The van der Waals surface area contributed by atoms with Gasteiger partial charge in [-0.3, -0.25) is 9.48 Å². The predicted molar refractivity (Wildman–Crippen MR) is 114 cm³/mol. The van der Waals surface area contributed by atoms with Crippen LogP contribution in [0.2, 0.25) is 0 Å². The van der Waals surface area contributed by atoms with Gasteiger partial charge in [0, 0.05) is 30.9 Å². The minimum absolute atomic E-state index is 0.0587. The fourth-order valence-corrected chi connectivity index (χ4v) is 4.69. The Morgan fingerprint density at radius 1 is 1.28 bits per heavy atom. The number of carbonyl (C=O) groups excluding carboxylic acids is 1. The summed E-state index contributed by atoms with van der Waals surface area (Å²) in [6, 6.07) is 4.96. The molecule has 29 heavy (non-hydrogen) atoms. The molecule has 0 bridgehead atoms. The Labute approximate surface area is 173 Å². The summed E-state index contributed by atoms with van der Waals surface area (Å²) in [5.74, 6) is 0.573. The number of aryl methyl sites for hydroxylation is 1. The molecule has 1 aliphatic heterocycles. The summed E-state index contributed by atoms with van der Waals surface area (Å²) in [5.41, 5.74) is 4.97. The second-order valence-corrected chi connectivity index (χ2v) is 9.91. The second-order valence-electron chi connectivity index (χ2n) is 8.02. The molecule has 0 spiro atoms. The largest absolute Gasteiger partial charge is 0.312 e. The van der Waals surface area contributed by atoms with Crippen molar-refractivity contribution in [2.24, 2.45) is 5.92 Å². The highest BCUT2D eigenvalue weighted by molar-refractivity contribution is 7.89. The molecule has 1 N–H and O–H groups in total. The normalized spacial score (nSPS) is 13.9. The van der Waals surface area contributed by atoms with Crippen molar-refractivity contribution in [3.63, 3.8) is 0 Å². The topological polar surface area (TPSA) is 84.3 Å². The van der Waals surface area contributed by atoms with Crippen LogP contribution < -0.4 is 9.62 Å². The maximum atomic E-state index is 12.9. The molecular weight excluding hydrogens is 388 g/mol. The predicted octanol–water partition coefficient (Wildman–Crippen LogP) is 2.59. The molecule has 0 saturated heterocycles. The van der Waals surface area contributed by atoms with E-state index in [-0.39, 0.29) is 10.8 Å². The molecule has 158 valence electrons. The Kier molecular flexibility index (Phi) is 6.14. The van der Waals surface area contributed by atoms with Crippen molar-refractivity contribution in [2.45, 2.75) is 58.4 Å². The molecule has 2 heterocycles. The number of nitrogens with one attached hydrogen (secondary N) is 1. The molecule has 1 amide bonds. The fourth-order valence-electron chi connectivity index (χ4n) is 3.91. The first-order valence-corrected chi connectivity index (χ1v) is 11.5. The third-order valence-electron chi connectivity index (χ3n) is 5.48. The van der Waals surface area contributed by atoms with Crippen LogP contribution >= 0.6 is 0 Å². The van der Waals surface area contributed by atoms with Gasteiger partial charge in [0.05, 0.1) is 10.6 Å². The number of anilines is 1. The molecule has 2 aromatic rings. The number of rotatable bonds is 7. The van der Waals surface area contributed by atoms with Crippen LogP contribution in [-0.4, -0.2) is 37.7 Å². The van der Waals surface area contributed by atoms with E-state index in [1.165, 1.54) is 7.05 Å². The van der Waals surface area contributed by atoms with E-state index in [1.54, 1.807) is 23.1 Å². The number of hydrogen-bond donors (Lipinski definition) is 1. The van der Waals surface area contributed by atoms with Crippen molar-refractivity contribution in [2.75, 3.05) is 18.5 Å². The van der Waals surface area contributed by atoms with Crippen molar-refractivity contribution in [1.82, 2.24) is 14.5 Å². The Balaban J connectivity index is 1.72. The minimum Gasteiger partial charge on any atom is -0.312 e. The molecule has 3 rings (SSSR count). The SMILES string of the molecule is CNS(=O)(=O)c1ccc2c(c1)CCN2C(=O)CCc1c(C)nn(CC(C)C)c1C. The lowest BCUT2D eigenvalue weighted by Gasteiger charge is -2.18. The van der Waals surface area contributed by atoms with E-state index in [9.17, 15) is 13.2 Å². The Hall–Kier alpha value is -2.19. The summed E-state index contributed by atoms with van der Waals surface area (Å²) in [4.78, 5) is 14.9. The highest BCUT2D eigenvalue weighted by atomic mass is 32.2. The second kappa shape index (κ2) is 8.28. The van der Waals surface area contributed by atoms with E-state index in [4.69, 9.17) is 0 Å². The van der Waals surface area contributed by atoms with E-state index in [0.29, 0.717) is 31.7 Å². The van der Waals surface area contributed by atoms with Gasteiger partial charge < -0.3 is 4.90 Å². The quantitative estimate of drug-likeness (QED) is 0.749. The van der Waals surface area contributed by atoms with Crippen LogP contribution in [0.15, 0.2) is 23.1 Å². The van der Waals surface area contributed by atoms with Gasteiger partial charge in [0.15, 0.2) is 0 Å². The number of hydrogen-bond acceptors (Lipinski definition) is 4. The Morgan fingerprint density at radius 2 is 2.00 bits per heavy atom.